The van der Waals surface area contributed by atoms with E-state index < -0.39 is 0 Å². The van der Waals surface area contributed by atoms with Crippen LogP contribution in [-0.4, -0.2) is 23.4 Å². The molecule has 2 aromatic rings. The highest BCUT2D eigenvalue weighted by molar-refractivity contribution is 5.95. The molecule has 0 amide bonds. The second-order valence-corrected chi connectivity index (χ2v) is 6.06. The van der Waals surface area contributed by atoms with E-state index in [2.05, 4.69) is 29.1 Å². The van der Waals surface area contributed by atoms with Gasteiger partial charge in [-0.1, -0.05) is 13.8 Å². The Hall–Kier alpha value is -1.78. The lowest BCUT2D eigenvalue weighted by atomic mass is 9.89. The zero-order valence-electron chi connectivity index (χ0n) is 12.2. The van der Waals surface area contributed by atoms with Gasteiger partial charge in [0.25, 0.3) is 0 Å². The van der Waals surface area contributed by atoms with Gasteiger partial charge in [-0.15, -0.1) is 0 Å². The van der Waals surface area contributed by atoms with Gasteiger partial charge >= 0.3 is 0 Å². The van der Waals surface area contributed by atoms with E-state index >= 15 is 0 Å². The van der Waals surface area contributed by atoms with Crippen molar-refractivity contribution >= 4 is 22.4 Å². The Morgan fingerprint density at radius 1 is 1.20 bits per heavy atom. The van der Waals surface area contributed by atoms with Crippen molar-refractivity contribution in [2.75, 3.05) is 23.7 Å². The maximum Gasteiger partial charge on any atom is 0.160 e. The third kappa shape index (κ3) is 2.32. The molecule has 20 heavy (non-hydrogen) atoms. The molecule has 0 aliphatic carbocycles. The smallest absolute Gasteiger partial charge is 0.160 e. The maximum atomic E-state index is 5.91. The van der Waals surface area contributed by atoms with Crippen molar-refractivity contribution in [3.63, 3.8) is 0 Å². The van der Waals surface area contributed by atoms with Crippen LogP contribution in [0.3, 0.4) is 0 Å². The molecule has 1 fully saturated rings. The van der Waals surface area contributed by atoms with Crippen LogP contribution in [0.4, 0.5) is 11.4 Å². The van der Waals surface area contributed by atoms with E-state index in [1.807, 2.05) is 12.1 Å². The van der Waals surface area contributed by atoms with E-state index in [9.17, 15) is 0 Å². The number of rotatable bonds is 2. The molecular formula is C15H22N4O. The topological polar surface area (TPSA) is 68.2 Å². The molecule has 2 heterocycles. The van der Waals surface area contributed by atoms with Crippen molar-refractivity contribution in [1.29, 1.82) is 0 Å². The highest BCUT2D eigenvalue weighted by Gasteiger charge is 2.22. The lowest BCUT2D eigenvalue weighted by molar-refractivity contribution is 0.315. The molecule has 1 atom stereocenters. The fraction of sp³-hybridized carbons (Fsp3) is 0.600. The highest BCUT2D eigenvalue weighted by Crippen LogP contribution is 2.32. The van der Waals surface area contributed by atoms with Gasteiger partial charge in [0.2, 0.25) is 0 Å². The molecule has 1 saturated heterocycles. The Labute approximate surface area is 119 Å². The molecule has 2 N–H and O–H groups in total. The summed E-state index contributed by atoms with van der Waals surface area (Å²) >= 11 is 0. The number of aromatic nitrogens is 2. The number of fused-ring (bicyclic) bond motifs is 1. The van der Waals surface area contributed by atoms with Crippen LogP contribution in [0.15, 0.2) is 16.8 Å². The van der Waals surface area contributed by atoms with Gasteiger partial charge in [-0.3, -0.25) is 0 Å². The predicted octanol–water partition coefficient (Wildman–Crippen LogP) is 3.07. The standard InChI is InChI=1S/C15H22N4O/c1-10(2)11-4-3-8-19(9-7-11)13-6-5-12(16)14-15(13)18-20-17-14/h5-6,10-11H,3-4,7-9,16H2,1-2H3. The Bertz CT molecular complexity index is 593. The average molecular weight is 274 g/mol. The fourth-order valence-corrected chi connectivity index (χ4v) is 3.16. The van der Waals surface area contributed by atoms with Gasteiger partial charge in [-0.25, -0.2) is 4.63 Å². The van der Waals surface area contributed by atoms with Crippen LogP contribution in [0.5, 0.6) is 0 Å². The number of benzene rings is 1. The van der Waals surface area contributed by atoms with Gasteiger partial charge in [0, 0.05) is 13.1 Å². The van der Waals surface area contributed by atoms with Gasteiger partial charge in [0.1, 0.15) is 0 Å². The summed E-state index contributed by atoms with van der Waals surface area (Å²) in [4.78, 5) is 2.40. The van der Waals surface area contributed by atoms with Crippen LogP contribution in [0.2, 0.25) is 0 Å². The average Bonchev–Trinajstić information content (AvgIpc) is 2.78. The van der Waals surface area contributed by atoms with Crippen LogP contribution < -0.4 is 10.6 Å². The molecule has 1 unspecified atom stereocenters. The maximum absolute atomic E-state index is 5.91. The normalized spacial score (nSPS) is 20.6. The molecule has 1 aliphatic heterocycles. The summed E-state index contributed by atoms with van der Waals surface area (Å²) in [5, 5.41) is 7.93. The van der Waals surface area contributed by atoms with Gasteiger partial charge in [0.15, 0.2) is 11.0 Å². The molecule has 0 bridgehead atoms. The second kappa shape index (κ2) is 5.31. The Morgan fingerprint density at radius 3 is 2.80 bits per heavy atom. The fourth-order valence-electron chi connectivity index (χ4n) is 3.16. The molecule has 1 aromatic carbocycles. The summed E-state index contributed by atoms with van der Waals surface area (Å²) in [5.41, 5.74) is 9.09. The van der Waals surface area contributed by atoms with Gasteiger partial charge in [-0.2, -0.15) is 0 Å². The zero-order chi connectivity index (χ0) is 14.1. The van der Waals surface area contributed by atoms with Crippen molar-refractivity contribution in [1.82, 2.24) is 10.3 Å². The summed E-state index contributed by atoms with van der Waals surface area (Å²) < 4.78 is 4.86. The molecule has 3 rings (SSSR count). The number of nitrogens with zero attached hydrogens (tertiary/aromatic N) is 3. The zero-order valence-corrected chi connectivity index (χ0v) is 12.2. The molecular weight excluding hydrogens is 252 g/mol. The third-order valence-electron chi connectivity index (χ3n) is 4.48. The van der Waals surface area contributed by atoms with Crippen LogP contribution in [0.25, 0.3) is 11.0 Å². The van der Waals surface area contributed by atoms with E-state index in [0.717, 1.165) is 36.1 Å². The largest absolute Gasteiger partial charge is 0.397 e. The van der Waals surface area contributed by atoms with Crippen molar-refractivity contribution in [3.05, 3.63) is 12.1 Å². The first-order valence-electron chi connectivity index (χ1n) is 7.42. The second-order valence-electron chi connectivity index (χ2n) is 6.06. The number of anilines is 2. The summed E-state index contributed by atoms with van der Waals surface area (Å²) in [6.07, 6.45) is 3.76. The minimum atomic E-state index is 0.625. The summed E-state index contributed by atoms with van der Waals surface area (Å²) in [6, 6.07) is 3.93. The first-order valence-corrected chi connectivity index (χ1v) is 7.42. The summed E-state index contributed by atoms with van der Waals surface area (Å²) in [7, 11) is 0. The first-order chi connectivity index (χ1) is 9.66. The van der Waals surface area contributed by atoms with E-state index in [4.69, 9.17) is 10.4 Å². The lowest BCUT2D eigenvalue weighted by Crippen LogP contribution is -2.24. The van der Waals surface area contributed by atoms with Crippen molar-refractivity contribution < 1.29 is 4.63 Å². The molecule has 1 aliphatic rings. The van der Waals surface area contributed by atoms with Crippen LogP contribution in [0.1, 0.15) is 33.1 Å². The SMILES string of the molecule is CC(C)C1CCCN(c2ccc(N)c3nonc23)CC1. The minimum Gasteiger partial charge on any atom is -0.397 e. The molecule has 5 heteroatoms. The molecule has 108 valence electrons. The summed E-state index contributed by atoms with van der Waals surface area (Å²) in [5.74, 6) is 1.58. The van der Waals surface area contributed by atoms with Crippen molar-refractivity contribution in [2.24, 2.45) is 11.8 Å². The summed E-state index contributed by atoms with van der Waals surface area (Å²) in [6.45, 7) is 6.77. The number of nitrogen functional groups attached to an aromatic ring is 1. The predicted molar refractivity (Wildman–Crippen MR) is 80.6 cm³/mol. The third-order valence-corrected chi connectivity index (χ3v) is 4.48. The quantitative estimate of drug-likeness (QED) is 0.852. The molecule has 0 radical (unpaired) electrons. The molecule has 1 aromatic heterocycles. The van der Waals surface area contributed by atoms with E-state index in [1.54, 1.807) is 0 Å². The van der Waals surface area contributed by atoms with E-state index in [0.29, 0.717) is 11.2 Å². The lowest BCUT2D eigenvalue weighted by Gasteiger charge is -2.23. The van der Waals surface area contributed by atoms with E-state index in [1.165, 1.54) is 19.3 Å². The molecule has 0 saturated carbocycles. The molecule has 5 nitrogen and oxygen atoms in total. The Morgan fingerprint density at radius 2 is 2.00 bits per heavy atom. The highest BCUT2D eigenvalue weighted by atomic mass is 16.6. The Kier molecular flexibility index (Phi) is 3.51. The minimum absolute atomic E-state index is 0.625. The monoisotopic (exact) mass is 274 g/mol. The van der Waals surface area contributed by atoms with E-state index in [-0.39, 0.29) is 0 Å². The van der Waals surface area contributed by atoms with Crippen LogP contribution in [0, 0.1) is 11.8 Å². The number of hydrogen-bond donors (Lipinski definition) is 1. The first kappa shape index (κ1) is 13.2. The number of hydrogen-bond acceptors (Lipinski definition) is 5. The van der Waals surface area contributed by atoms with Crippen molar-refractivity contribution in [2.45, 2.75) is 33.1 Å². The van der Waals surface area contributed by atoms with Gasteiger partial charge in [-0.05, 0) is 53.5 Å². The Balaban J connectivity index is 1.88. The molecule has 0 spiro atoms. The van der Waals surface area contributed by atoms with Gasteiger partial charge in [0.05, 0.1) is 11.4 Å². The van der Waals surface area contributed by atoms with Gasteiger partial charge < -0.3 is 10.6 Å². The number of nitrogens with two attached hydrogens (primary N) is 1. The van der Waals surface area contributed by atoms with Crippen LogP contribution >= 0.6 is 0 Å². The van der Waals surface area contributed by atoms with Crippen LogP contribution in [-0.2, 0) is 0 Å². The van der Waals surface area contributed by atoms with Crippen molar-refractivity contribution in [3.8, 4) is 0 Å².